The van der Waals surface area contributed by atoms with E-state index in [0.29, 0.717) is 0 Å². The molecule has 0 saturated heterocycles. The molecule has 0 N–H and O–H groups in total. The molecule has 0 radical (unpaired) electrons. The maximum atomic E-state index is 3.47. The maximum absolute atomic E-state index is 3.47. The number of aryl methyl sites for hydroxylation is 1. The molecule has 0 aliphatic heterocycles. The molecule has 0 heteroatoms. The van der Waals surface area contributed by atoms with Crippen molar-refractivity contribution in [1.82, 2.24) is 0 Å². The number of benzene rings is 1. The van der Waals surface area contributed by atoms with Crippen LogP contribution in [0.5, 0.6) is 0 Å². The summed E-state index contributed by atoms with van der Waals surface area (Å²) in [4.78, 5) is 0. The molecule has 0 spiro atoms. The summed E-state index contributed by atoms with van der Waals surface area (Å²) in [5, 5.41) is 0. The summed E-state index contributed by atoms with van der Waals surface area (Å²) in [7, 11) is 0. The molecule has 1 rings (SSSR count). The van der Waals surface area contributed by atoms with Gasteiger partial charge >= 0.3 is 0 Å². The van der Waals surface area contributed by atoms with Crippen molar-refractivity contribution in [2.24, 2.45) is 5.41 Å². The van der Waals surface area contributed by atoms with Gasteiger partial charge in [-0.2, -0.15) is 0 Å². The highest BCUT2D eigenvalue weighted by Crippen LogP contribution is 2.16. The third-order valence-corrected chi connectivity index (χ3v) is 2.69. The van der Waals surface area contributed by atoms with Crippen molar-refractivity contribution in [3.05, 3.63) is 53.3 Å². The number of allylic oxidation sites excluding steroid dienone is 1. The molecule has 1 aromatic carbocycles. The smallest absolute Gasteiger partial charge is 0.0127 e. The summed E-state index contributed by atoms with van der Waals surface area (Å²) >= 11 is 0. The fourth-order valence-electron chi connectivity index (χ4n) is 1.61. The van der Waals surface area contributed by atoms with Crippen LogP contribution in [0, 0.1) is 5.41 Å². The Morgan fingerprint density at radius 2 is 1.82 bits per heavy atom. The van der Waals surface area contributed by atoms with Gasteiger partial charge in [0.25, 0.3) is 0 Å². The second-order valence-electron chi connectivity index (χ2n) is 5.60. The first-order valence-electron chi connectivity index (χ1n) is 6.51. The van der Waals surface area contributed by atoms with E-state index < -0.39 is 0 Å². The van der Waals surface area contributed by atoms with Crippen LogP contribution in [0.25, 0.3) is 0 Å². The van der Waals surface area contributed by atoms with Crippen LogP contribution in [-0.4, -0.2) is 0 Å². The van der Waals surface area contributed by atoms with E-state index in [4.69, 9.17) is 0 Å². The zero-order valence-corrected chi connectivity index (χ0v) is 11.6. The van der Waals surface area contributed by atoms with E-state index in [2.05, 4.69) is 69.8 Å². The SMILES string of the molecule is CCC(=C=CC(C)(C)C)CCc1ccccc1. The average molecular weight is 228 g/mol. The van der Waals surface area contributed by atoms with E-state index in [9.17, 15) is 0 Å². The van der Waals surface area contributed by atoms with Crippen molar-refractivity contribution in [3.63, 3.8) is 0 Å². The molecule has 0 amide bonds. The summed E-state index contributed by atoms with van der Waals surface area (Å²) in [5.74, 6) is 0. The lowest BCUT2D eigenvalue weighted by Gasteiger charge is -2.09. The van der Waals surface area contributed by atoms with Crippen LogP contribution in [0.2, 0.25) is 0 Å². The summed E-state index contributed by atoms with van der Waals surface area (Å²) < 4.78 is 0. The molecule has 0 aromatic heterocycles. The van der Waals surface area contributed by atoms with Crippen LogP contribution in [-0.2, 0) is 6.42 Å². The van der Waals surface area contributed by atoms with Crippen LogP contribution in [0.15, 0.2) is 47.7 Å². The van der Waals surface area contributed by atoms with Crippen LogP contribution < -0.4 is 0 Å². The van der Waals surface area contributed by atoms with Gasteiger partial charge in [-0.15, -0.1) is 5.73 Å². The third-order valence-electron chi connectivity index (χ3n) is 2.69. The van der Waals surface area contributed by atoms with Crippen LogP contribution in [0.1, 0.15) is 46.1 Å². The van der Waals surface area contributed by atoms with E-state index >= 15 is 0 Å². The highest BCUT2D eigenvalue weighted by Gasteiger charge is 2.03. The molecular weight excluding hydrogens is 204 g/mol. The number of hydrogen-bond donors (Lipinski definition) is 0. The van der Waals surface area contributed by atoms with Crippen LogP contribution >= 0.6 is 0 Å². The first kappa shape index (κ1) is 13.8. The summed E-state index contributed by atoms with van der Waals surface area (Å²) in [6.07, 6.45) is 5.53. The fourth-order valence-corrected chi connectivity index (χ4v) is 1.61. The normalized spacial score (nSPS) is 10.8. The summed E-state index contributed by atoms with van der Waals surface area (Å²) in [5.41, 5.74) is 6.53. The van der Waals surface area contributed by atoms with Gasteiger partial charge in [-0.25, -0.2) is 0 Å². The number of hydrogen-bond acceptors (Lipinski definition) is 0. The monoisotopic (exact) mass is 228 g/mol. The summed E-state index contributed by atoms with van der Waals surface area (Å²) in [6, 6.07) is 10.7. The van der Waals surface area contributed by atoms with Crippen molar-refractivity contribution < 1.29 is 0 Å². The molecule has 0 atom stereocenters. The molecule has 0 unspecified atom stereocenters. The van der Waals surface area contributed by atoms with Crippen molar-refractivity contribution in [2.45, 2.75) is 47.0 Å². The van der Waals surface area contributed by atoms with E-state index in [1.54, 1.807) is 0 Å². The van der Waals surface area contributed by atoms with E-state index in [0.717, 1.165) is 19.3 Å². The van der Waals surface area contributed by atoms with Gasteiger partial charge in [0.2, 0.25) is 0 Å². The Morgan fingerprint density at radius 3 is 2.35 bits per heavy atom. The van der Waals surface area contributed by atoms with E-state index in [-0.39, 0.29) is 5.41 Å². The Kier molecular flexibility index (Phi) is 5.25. The lowest BCUT2D eigenvalue weighted by molar-refractivity contribution is 0.544. The van der Waals surface area contributed by atoms with Crippen molar-refractivity contribution in [1.29, 1.82) is 0 Å². The average Bonchev–Trinajstić information content (AvgIpc) is 2.29. The Bertz CT molecular complexity index is 384. The van der Waals surface area contributed by atoms with Gasteiger partial charge in [0.1, 0.15) is 0 Å². The highest BCUT2D eigenvalue weighted by atomic mass is 14.1. The summed E-state index contributed by atoms with van der Waals surface area (Å²) in [6.45, 7) is 8.85. The molecule has 92 valence electrons. The standard InChI is InChI=1S/C17H24/c1-5-15(13-14-17(2,3)4)11-12-16-9-7-6-8-10-16/h6-10,14H,5,11-12H2,1-4H3. The second-order valence-corrected chi connectivity index (χ2v) is 5.60. The molecule has 0 heterocycles. The second kappa shape index (κ2) is 6.47. The van der Waals surface area contributed by atoms with Gasteiger partial charge in [0.15, 0.2) is 0 Å². The van der Waals surface area contributed by atoms with Crippen molar-refractivity contribution >= 4 is 0 Å². The molecule has 0 aliphatic rings. The lowest BCUT2D eigenvalue weighted by atomic mass is 9.95. The van der Waals surface area contributed by atoms with Gasteiger partial charge in [0, 0.05) is 0 Å². The Balaban J connectivity index is 2.63. The van der Waals surface area contributed by atoms with Gasteiger partial charge in [-0.3, -0.25) is 0 Å². The quantitative estimate of drug-likeness (QED) is 0.625. The highest BCUT2D eigenvalue weighted by molar-refractivity contribution is 5.16. The van der Waals surface area contributed by atoms with Gasteiger partial charge in [-0.05, 0) is 41.9 Å². The molecule has 0 aliphatic carbocycles. The Labute approximate surface area is 106 Å². The number of rotatable bonds is 4. The fraction of sp³-hybridized carbons (Fsp3) is 0.471. The Hall–Kier alpha value is -1.26. The molecule has 1 aromatic rings. The maximum Gasteiger partial charge on any atom is -0.0127 e. The molecule has 0 nitrogen and oxygen atoms in total. The van der Waals surface area contributed by atoms with Crippen LogP contribution in [0.3, 0.4) is 0 Å². The lowest BCUT2D eigenvalue weighted by Crippen LogP contribution is -1.97. The minimum absolute atomic E-state index is 0.229. The van der Waals surface area contributed by atoms with Gasteiger partial charge < -0.3 is 0 Å². The predicted octanol–water partition coefficient (Wildman–Crippen LogP) is 5.16. The molecule has 0 saturated carbocycles. The minimum Gasteiger partial charge on any atom is -0.126 e. The predicted molar refractivity (Wildman–Crippen MR) is 76.1 cm³/mol. The minimum atomic E-state index is 0.229. The largest absolute Gasteiger partial charge is 0.126 e. The zero-order valence-electron chi connectivity index (χ0n) is 11.6. The third kappa shape index (κ3) is 6.14. The van der Waals surface area contributed by atoms with Crippen molar-refractivity contribution in [3.8, 4) is 0 Å². The van der Waals surface area contributed by atoms with Crippen molar-refractivity contribution in [2.75, 3.05) is 0 Å². The Morgan fingerprint density at radius 1 is 1.18 bits per heavy atom. The van der Waals surface area contributed by atoms with Crippen LogP contribution in [0.4, 0.5) is 0 Å². The molecule has 0 bridgehead atoms. The molecule has 0 fully saturated rings. The van der Waals surface area contributed by atoms with Gasteiger partial charge in [0.05, 0.1) is 0 Å². The zero-order chi connectivity index (χ0) is 12.7. The molecule has 17 heavy (non-hydrogen) atoms. The first-order valence-corrected chi connectivity index (χ1v) is 6.51. The van der Waals surface area contributed by atoms with Gasteiger partial charge in [-0.1, -0.05) is 58.0 Å². The van der Waals surface area contributed by atoms with E-state index in [1.165, 1.54) is 11.1 Å². The van der Waals surface area contributed by atoms with E-state index in [1.807, 2.05) is 0 Å². The first-order chi connectivity index (χ1) is 8.01. The topological polar surface area (TPSA) is 0 Å². The molecular formula is C17H24.